The number of thioether (sulfide) groups is 1. The van der Waals surface area contributed by atoms with Crippen LogP contribution in [-0.2, 0) is 16.1 Å². The number of hydrogen-bond acceptors (Lipinski definition) is 5. The van der Waals surface area contributed by atoms with Gasteiger partial charge in [0, 0.05) is 22.9 Å². The molecule has 4 nitrogen and oxygen atoms in total. The summed E-state index contributed by atoms with van der Waals surface area (Å²) in [7, 11) is 0. The number of rotatable bonds is 9. The zero-order chi connectivity index (χ0) is 18.2. The summed E-state index contributed by atoms with van der Waals surface area (Å²) in [5, 5.41) is 2.05. The van der Waals surface area contributed by atoms with Crippen molar-refractivity contribution >= 4 is 29.0 Å². The topological polar surface area (TPSA) is 38.8 Å². The van der Waals surface area contributed by atoms with Gasteiger partial charge in [-0.1, -0.05) is 6.07 Å². The first-order chi connectivity index (χ1) is 12.7. The molecule has 0 bridgehead atoms. The maximum absolute atomic E-state index is 12.8. The highest BCUT2D eigenvalue weighted by molar-refractivity contribution is 8.00. The van der Waals surface area contributed by atoms with Crippen LogP contribution in [0, 0.1) is 0 Å². The van der Waals surface area contributed by atoms with E-state index in [-0.39, 0.29) is 12.0 Å². The summed E-state index contributed by atoms with van der Waals surface area (Å²) in [6.45, 7) is 4.79. The second-order valence-corrected chi connectivity index (χ2v) is 8.26. The number of nitrogens with zero attached hydrogens (tertiary/aromatic N) is 1. The number of amides is 1. The number of carbonyl (C=O) groups is 1. The van der Waals surface area contributed by atoms with Crippen molar-refractivity contribution in [3.05, 3.63) is 46.7 Å². The van der Waals surface area contributed by atoms with Crippen molar-refractivity contribution in [1.29, 1.82) is 0 Å². The predicted molar refractivity (Wildman–Crippen MR) is 107 cm³/mol. The Hall–Kier alpha value is -1.50. The molecule has 0 spiro atoms. The summed E-state index contributed by atoms with van der Waals surface area (Å²) >= 11 is 3.26. The maximum Gasteiger partial charge on any atom is 0.233 e. The van der Waals surface area contributed by atoms with Crippen molar-refractivity contribution in [3.8, 4) is 5.75 Å². The molecule has 2 aromatic rings. The average Bonchev–Trinajstić information content (AvgIpc) is 3.35. The molecule has 140 valence electrons. The van der Waals surface area contributed by atoms with E-state index in [1.807, 2.05) is 42.2 Å². The van der Waals surface area contributed by atoms with Crippen LogP contribution in [0.2, 0.25) is 0 Å². The van der Waals surface area contributed by atoms with E-state index in [4.69, 9.17) is 9.47 Å². The fourth-order valence-electron chi connectivity index (χ4n) is 2.91. The lowest BCUT2D eigenvalue weighted by Gasteiger charge is -2.25. The van der Waals surface area contributed by atoms with Gasteiger partial charge >= 0.3 is 0 Å². The van der Waals surface area contributed by atoms with Crippen LogP contribution in [0.3, 0.4) is 0 Å². The second kappa shape index (κ2) is 10.00. The monoisotopic (exact) mass is 391 g/mol. The van der Waals surface area contributed by atoms with Crippen molar-refractivity contribution in [3.63, 3.8) is 0 Å². The third kappa shape index (κ3) is 5.76. The van der Waals surface area contributed by atoms with Crippen LogP contribution < -0.4 is 4.74 Å². The van der Waals surface area contributed by atoms with Gasteiger partial charge in [0.15, 0.2) is 0 Å². The Labute approximate surface area is 163 Å². The van der Waals surface area contributed by atoms with Gasteiger partial charge in [-0.25, -0.2) is 0 Å². The van der Waals surface area contributed by atoms with Crippen LogP contribution >= 0.6 is 23.1 Å². The van der Waals surface area contributed by atoms with Crippen molar-refractivity contribution in [2.75, 3.05) is 25.5 Å². The molecule has 1 aliphatic rings. The minimum absolute atomic E-state index is 0.160. The van der Waals surface area contributed by atoms with Gasteiger partial charge in [-0.05, 0) is 55.5 Å². The van der Waals surface area contributed by atoms with Gasteiger partial charge in [0.1, 0.15) is 5.75 Å². The molecule has 1 amide bonds. The Kier molecular flexibility index (Phi) is 7.41. The standard InChI is InChI=1S/C20H25NO3S2/c1-2-23-16-7-9-18(10-8-16)26-15-20(22)21(13-17-5-3-11-24-17)14-19-6-4-12-25-19/h4,6-10,12,17H,2-3,5,11,13-15H2,1H3. The number of hydrogen-bond donors (Lipinski definition) is 0. The van der Waals surface area contributed by atoms with E-state index in [1.54, 1.807) is 23.1 Å². The first-order valence-electron chi connectivity index (χ1n) is 9.02. The smallest absolute Gasteiger partial charge is 0.233 e. The van der Waals surface area contributed by atoms with Crippen LogP contribution in [0.1, 0.15) is 24.6 Å². The lowest BCUT2D eigenvalue weighted by atomic mass is 10.2. The molecule has 1 atom stereocenters. The highest BCUT2D eigenvalue weighted by Crippen LogP contribution is 2.23. The molecule has 1 unspecified atom stereocenters. The minimum atomic E-state index is 0.160. The van der Waals surface area contributed by atoms with Crippen LogP contribution in [0.5, 0.6) is 5.75 Å². The largest absolute Gasteiger partial charge is 0.494 e. The Balaban J connectivity index is 1.56. The van der Waals surface area contributed by atoms with E-state index in [9.17, 15) is 4.79 Å². The third-order valence-electron chi connectivity index (χ3n) is 4.22. The Morgan fingerprint density at radius 2 is 2.19 bits per heavy atom. The van der Waals surface area contributed by atoms with E-state index in [0.717, 1.165) is 30.1 Å². The molecule has 2 heterocycles. The second-order valence-electron chi connectivity index (χ2n) is 6.18. The van der Waals surface area contributed by atoms with Gasteiger partial charge in [-0.3, -0.25) is 4.79 Å². The fraction of sp³-hybridized carbons (Fsp3) is 0.450. The van der Waals surface area contributed by atoms with Crippen LogP contribution in [0.15, 0.2) is 46.7 Å². The van der Waals surface area contributed by atoms with Gasteiger partial charge in [0.2, 0.25) is 5.91 Å². The Morgan fingerprint density at radius 3 is 2.85 bits per heavy atom. The highest BCUT2D eigenvalue weighted by atomic mass is 32.2. The molecular weight excluding hydrogens is 366 g/mol. The molecule has 0 aliphatic carbocycles. The summed E-state index contributed by atoms with van der Waals surface area (Å²) in [4.78, 5) is 17.1. The predicted octanol–water partition coefficient (Wildman–Crippen LogP) is 4.45. The van der Waals surface area contributed by atoms with E-state index in [1.165, 1.54) is 4.88 Å². The summed E-state index contributed by atoms with van der Waals surface area (Å²) in [6, 6.07) is 12.0. The highest BCUT2D eigenvalue weighted by Gasteiger charge is 2.23. The van der Waals surface area contributed by atoms with Gasteiger partial charge in [0.05, 0.1) is 25.0 Å². The van der Waals surface area contributed by atoms with Gasteiger partial charge in [0.25, 0.3) is 0 Å². The molecule has 1 saturated heterocycles. The molecule has 0 radical (unpaired) electrons. The molecule has 6 heteroatoms. The van der Waals surface area contributed by atoms with Crippen LogP contribution in [0.25, 0.3) is 0 Å². The first-order valence-corrected chi connectivity index (χ1v) is 10.9. The number of thiophene rings is 1. The van der Waals surface area contributed by atoms with Gasteiger partial charge < -0.3 is 14.4 Å². The summed E-state index contributed by atoms with van der Waals surface area (Å²) in [5.74, 6) is 1.46. The van der Waals surface area contributed by atoms with E-state index in [2.05, 4.69) is 11.4 Å². The number of benzene rings is 1. The Morgan fingerprint density at radius 1 is 1.35 bits per heavy atom. The van der Waals surface area contributed by atoms with Crippen molar-refractivity contribution in [1.82, 2.24) is 4.90 Å². The van der Waals surface area contributed by atoms with E-state index in [0.29, 0.717) is 25.4 Å². The average molecular weight is 392 g/mol. The lowest BCUT2D eigenvalue weighted by Crippen LogP contribution is -2.37. The van der Waals surface area contributed by atoms with E-state index >= 15 is 0 Å². The van der Waals surface area contributed by atoms with Crippen LogP contribution in [0.4, 0.5) is 0 Å². The molecular formula is C20H25NO3S2. The number of ether oxygens (including phenoxy) is 2. The molecule has 0 N–H and O–H groups in total. The summed E-state index contributed by atoms with van der Waals surface area (Å²) < 4.78 is 11.2. The zero-order valence-electron chi connectivity index (χ0n) is 15.1. The van der Waals surface area contributed by atoms with Gasteiger partial charge in [-0.2, -0.15) is 0 Å². The first kappa shape index (κ1) is 19.3. The molecule has 1 aromatic carbocycles. The van der Waals surface area contributed by atoms with E-state index < -0.39 is 0 Å². The molecule has 3 rings (SSSR count). The number of carbonyl (C=O) groups excluding carboxylic acids is 1. The lowest BCUT2D eigenvalue weighted by molar-refractivity contribution is -0.130. The Bertz CT molecular complexity index is 667. The quantitative estimate of drug-likeness (QED) is 0.592. The van der Waals surface area contributed by atoms with Crippen molar-refractivity contribution in [2.45, 2.75) is 37.3 Å². The fourth-order valence-corrected chi connectivity index (χ4v) is 4.44. The molecule has 1 aliphatic heterocycles. The van der Waals surface area contributed by atoms with Gasteiger partial charge in [-0.15, -0.1) is 23.1 Å². The van der Waals surface area contributed by atoms with Crippen molar-refractivity contribution in [2.24, 2.45) is 0 Å². The normalized spacial score (nSPS) is 16.6. The zero-order valence-corrected chi connectivity index (χ0v) is 16.7. The molecule has 1 aromatic heterocycles. The summed E-state index contributed by atoms with van der Waals surface area (Å²) in [5.41, 5.74) is 0. The molecule has 26 heavy (non-hydrogen) atoms. The molecule has 0 saturated carbocycles. The minimum Gasteiger partial charge on any atom is -0.494 e. The van der Waals surface area contributed by atoms with Crippen molar-refractivity contribution < 1.29 is 14.3 Å². The maximum atomic E-state index is 12.8. The summed E-state index contributed by atoms with van der Waals surface area (Å²) in [6.07, 6.45) is 2.31. The van der Waals surface area contributed by atoms with Crippen LogP contribution in [-0.4, -0.2) is 42.4 Å². The SMILES string of the molecule is CCOc1ccc(SCC(=O)N(Cc2cccs2)CC2CCCO2)cc1. The molecule has 1 fully saturated rings. The third-order valence-corrected chi connectivity index (χ3v) is 6.08.